The van der Waals surface area contributed by atoms with Gasteiger partial charge in [-0.1, -0.05) is 6.07 Å². The fourth-order valence-corrected chi connectivity index (χ4v) is 2.54. The molecule has 0 amide bonds. The van der Waals surface area contributed by atoms with Gasteiger partial charge in [0.25, 0.3) is 5.69 Å². The summed E-state index contributed by atoms with van der Waals surface area (Å²) in [6.07, 6.45) is 1.11. The van der Waals surface area contributed by atoms with Gasteiger partial charge < -0.3 is 14.7 Å². The highest BCUT2D eigenvalue weighted by molar-refractivity contribution is 5.64. The lowest BCUT2D eigenvalue weighted by Gasteiger charge is -2.36. The Hall–Kier alpha value is -1.66. The first-order valence-electron chi connectivity index (χ1n) is 6.68. The molecule has 110 valence electrons. The molecular formula is C14H20N2O4. The summed E-state index contributed by atoms with van der Waals surface area (Å²) in [5, 5.41) is 21.6. The molecule has 1 N–H and O–H groups in total. The van der Waals surface area contributed by atoms with Gasteiger partial charge in [0, 0.05) is 45.7 Å². The maximum Gasteiger partial charge on any atom is 0.292 e. The number of nitrogens with zero attached hydrogens (tertiary/aromatic N) is 2. The second-order valence-corrected chi connectivity index (χ2v) is 5.44. The van der Waals surface area contributed by atoms with Crippen LogP contribution in [0.4, 0.5) is 11.4 Å². The Kier molecular flexibility index (Phi) is 4.25. The first-order chi connectivity index (χ1) is 9.41. The van der Waals surface area contributed by atoms with Crippen molar-refractivity contribution in [2.45, 2.75) is 25.4 Å². The third kappa shape index (κ3) is 3.26. The van der Waals surface area contributed by atoms with E-state index in [1.165, 1.54) is 0 Å². The van der Waals surface area contributed by atoms with Gasteiger partial charge in [-0.2, -0.15) is 0 Å². The molecule has 6 heteroatoms. The Morgan fingerprint density at radius 3 is 2.70 bits per heavy atom. The predicted molar refractivity (Wildman–Crippen MR) is 76.1 cm³/mol. The number of rotatable bonds is 4. The summed E-state index contributed by atoms with van der Waals surface area (Å²) in [6.45, 7) is 3.24. The molecule has 0 radical (unpaired) electrons. The van der Waals surface area contributed by atoms with E-state index in [0.29, 0.717) is 38.3 Å². The third-order valence-corrected chi connectivity index (χ3v) is 3.69. The number of hydrogen-bond acceptors (Lipinski definition) is 5. The van der Waals surface area contributed by atoms with Crippen LogP contribution in [0.15, 0.2) is 18.2 Å². The van der Waals surface area contributed by atoms with Gasteiger partial charge in [0.05, 0.1) is 10.5 Å². The molecule has 0 unspecified atom stereocenters. The number of aliphatic hydroxyl groups is 1. The van der Waals surface area contributed by atoms with Crippen molar-refractivity contribution in [3.05, 3.63) is 33.9 Å². The molecule has 6 nitrogen and oxygen atoms in total. The Balaban J connectivity index is 2.20. The van der Waals surface area contributed by atoms with Gasteiger partial charge in [0.2, 0.25) is 0 Å². The molecule has 20 heavy (non-hydrogen) atoms. The van der Waals surface area contributed by atoms with E-state index in [4.69, 9.17) is 4.74 Å². The summed E-state index contributed by atoms with van der Waals surface area (Å²) in [5.41, 5.74) is 0.605. The second-order valence-electron chi connectivity index (χ2n) is 5.44. The van der Waals surface area contributed by atoms with E-state index in [9.17, 15) is 15.2 Å². The van der Waals surface area contributed by atoms with Crippen molar-refractivity contribution in [1.82, 2.24) is 0 Å². The van der Waals surface area contributed by atoms with E-state index in [0.717, 1.165) is 5.56 Å². The fraction of sp³-hybridized carbons (Fsp3) is 0.571. The number of likely N-dealkylation sites (N-methyl/N-ethyl adjacent to an activating group) is 1. The fourth-order valence-electron chi connectivity index (χ4n) is 2.54. The number of ether oxygens (including phenoxy) is 1. The molecule has 0 bridgehead atoms. The molecule has 1 saturated heterocycles. The first-order valence-corrected chi connectivity index (χ1v) is 6.68. The van der Waals surface area contributed by atoms with Crippen LogP contribution < -0.4 is 4.90 Å². The normalized spacial score (nSPS) is 17.8. The standard InChI is InChI=1S/C14H20N2O4/c1-11-3-4-12(13(9-11)16(18)19)15(2)10-14(17)5-7-20-8-6-14/h3-4,9,17H,5-8,10H2,1-2H3. The van der Waals surface area contributed by atoms with Crippen LogP contribution in [-0.4, -0.2) is 42.4 Å². The van der Waals surface area contributed by atoms with Crippen molar-refractivity contribution < 1.29 is 14.8 Å². The lowest BCUT2D eigenvalue weighted by molar-refractivity contribution is -0.384. The summed E-state index contributed by atoms with van der Waals surface area (Å²) in [5.74, 6) is 0. The highest BCUT2D eigenvalue weighted by Crippen LogP contribution is 2.31. The average Bonchev–Trinajstić information content (AvgIpc) is 2.38. The zero-order valence-corrected chi connectivity index (χ0v) is 11.8. The van der Waals surface area contributed by atoms with Gasteiger partial charge in [-0.15, -0.1) is 0 Å². The predicted octanol–water partition coefficient (Wildman–Crippen LogP) is 1.88. The Bertz CT molecular complexity index is 498. The summed E-state index contributed by atoms with van der Waals surface area (Å²) in [6, 6.07) is 5.13. The van der Waals surface area contributed by atoms with E-state index < -0.39 is 5.60 Å². The van der Waals surface area contributed by atoms with E-state index >= 15 is 0 Å². The van der Waals surface area contributed by atoms with Crippen molar-refractivity contribution in [3.63, 3.8) is 0 Å². The second kappa shape index (κ2) is 5.76. The van der Waals surface area contributed by atoms with E-state index in [1.54, 1.807) is 24.1 Å². The lowest BCUT2D eigenvalue weighted by atomic mass is 9.93. The van der Waals surface area contributed by atoms with Crippen LogP contribution in [0.2, 0.25) is 0 Å². The monoisotopic (exact) mass is 280 g/mol. The number of nitro benzene ring substituents is 1. The van der Waals surface area contributed by atoms with Gasteiger partial charge in [0.1, 0.15) is 5.69 Å². The molecule has 2 rings (SSSR count). The zero-order valence-electron chi connectivity index (χ0n) is 11.8. The van der Waals surface area contributed by atoms with Crippen LogP contribution in [0.1, 0.15) is 18.4 Å². The van der Waals surface area contributed by atoms with Crippen molar-refractivity contribution in [2.24, 2.45) is 0 Å². The molecule has 0 aliphatic carbocycles. The molecule has 1 aromatic carbocycles. The molecule has 1 heterocycles. The highest BCUT2D eigenvalue weighted by atomic mass is 16.6. The van der Waals surface area contributed by atoms with E-state index in [2.05, 4.69) is 0 Å². The van der Waals surface area contributed by atoms with Crippen LogP contribution >= 0.6 is 0 Å². The molecule has 1 fully saturated rings. The molecular weight excluding hydrogens is 260 g/mol. The summed E-state index contributed by atoms with van der Waals surface area (Å²) >= 11 is 0. The Morgan fingerprint density at radius 1 is 1.45 bits per heavy atom. The van der Waals surface area contributed by atoms with Crippen LogP contribution in [0.25, 0.3) is 0 Å². The van der Waals surface area contributed by atoms with Crippen LogP contribution in [-0.2, 0) is 4.74 Å². The van der Waals surface area contributed by atoms with Crippen LogP contribution in [0.5, 0.6) is 0 Å². The topological polar surface area (TPSA) is 75.8 Å². The maximum absolute atomic E-state index is 11.1. The Labute approximate surface area is 118 Å². The minimum absolute atomic E-state index is 0.0724. The summed E-state index contributed by atoms with van der Waals surface area (Å²) < 4.78 is 5.24. The summed E-state index contributed by atoms with van der Waals surface area (Å²) in [4.78, 5) is 12.5. The Morgan fingerprint density at radius 2 is 2.10 bits per heavy atom. The number of nitro groups is 1. The van der Waals surface area contributed by atoms with Crippen molar-refractivity contribution in [3.8, 4) is 0 Å². The van der Waals surface area contributed by atoms with Crippen LogP contribution in [0, 0.1) is 17.0 Å². The van der Waals surface area contributed by atoms with Gasteiger partial charge in [-0.3, -0.25) is 10.1 Å². The molecule has 0 aromatic heterocycles. The minimum Gasteiger partial charge on any atom is -0.388 e. The van der Waals surface area contributed by atoms with E-state index in [-0.39, 0.29) is 10.6 Å². The largest absolute Gasteiger partial charge is 0.388 e. The third-order valence-electron chi connectivity index (χ3n) is 3.69. The van der Waals surface area contributed by atoms with E-state index in [1.807, 2.05) is 13.0 Å². The quantitative estimate of drug-likeness (QED) is 0.673. The molecule has 0 spiro atoms. The van der Waals surface area contributed by atoms with Crippen molar-refractivity contribution >= 4 is 11.4 Å². The number of benzene rings is 1. The van der Waals surface area contributed by atoms with Crippen molar-refractivity contribution in [2.75, 3.05) is 31.7 Å². The van der Waals surface area contributed by atoms with Gasteiger partial charge in [-0.25, -0.2) is 0 Å². The van der Waals surface area contributed by atoms with Gasteiger partial charge in [0.15, 0.2) is 0 Å². The lowest BCUT2D eigenvalue weighted by Crippen LogP contribution is -2.45. The van der Waals surface area contributed by atoms with Gasteiger partial charge in [-0.05, 0) is 18.6 Å². The smallest absolute Gasteiger partial charge is 0.292 e. The zero-order chi connectivity index (χ0) is 14.8. The molecule has 1 aromatic rings. The minimum atomic E-state index is -0.842. The number of aryl methyl sites for hydroxylation is 1. The SMILES string of the molecule is Cc1ccc(N(C)CC2(O)CCOCC2)c([N+](=O)[O-])c1. The molecule has 1 aliphatic heterocycles. The maximum atomic E-state index is 11.1. The van der Waals surface area contributed by atoms with Crippen LogP contribution in [0.3, 0.4) is 0 Å². The molecule has 1 aliphatic rings. The number of hydrogen-bond donors (Lipinski definition) is 1. The highest BCUT2D eigenvalue weighted by Gasteiger charge is 2.32. The summed E-state index contributed by atoms with van der Waals surface area (Å²) in [7, 11) is 1.77. The molecule has 0 atom stereocenters. The number of anilines is 1. The van der Waals surface area contributed by atoms with Gasteiger partial charge >= 0.3 is 0 Å². The average molecular weight is 280 g/mol. The molecule has 0 saturated carbocycles. The first kappa shape index (κ1) is 14.7. The van der Waals surface area contributed by atoms with Crippen molar-refractivity contribution in [1.29, 1.82) is 0 Å².